The van der Waals surface area contributed by atoms with E-state index >= 15 is 0 Å². The highest BCUT2D eigenvalue weighted by Gasteiger charge is 2.09. The lowest BCUT2D eigenvalue weighted by atomic mass is 10.2. The van der Waals surface area contributed by atoms with Gasteiger partial charge in [0.1, 0.15) is 11.4 Å². The van der Waals surface area contributed by atoms with Crippen molar-refractivity contribution >= 4 is 44.2 Å². The van der Waals surface area contributed by atoms with Gasteiger partial charge < -0.3 is 0 Å². The van der Waals surface area contributed by atoms with Gasteiger partial charge in [-0.05, 0) is 30.0 Å². The van der Waals surface area contributed by atoms with Crippen LogP contribution in [-0.4, -0.2) is 15.0 Å². The second-order valence-corrected chi connectivity index (χ2v) is 6.51. The number of rotatable bonds is 2. The molecular weight excluding hydrogens is 286 g/mol. The summed E-state index contributed by atoms with van der Waals surface area (Å²) in [4.78, 5) is 13.3. The molecule has 2 heterocycles. The van der Waals surface area contributed by atoms with Crippen LogP contribution in [0.5, 0.6) is 0 Å². The molecule has 0 fully saturated rings. The smallest absolute Gasteiger partial charge is 0.157 e. The number of para-hydroxylation sites is 2. The maximum Gasteiger partial charge on any atom is 0.157 e. The fourth-order valence-corrected chi connectivity index (χ4v) is 4.10. The minimum atomic E-state index is 0.953. The SMILES string of the molecule is c1ccc2sc(Sc3ncnc4ccccc34)nc2c1. The lowest BCUT2D eigenvalue weighted by molar-refractivity contribution is 1.10. The van der Waals surface area contributed by atoms with E-state index in [0.29, 0.717) is 0 Å². The Bertz CT molecular complexity index is 863. The van der Waals surface area contributed by atoms with Crippen molar-refractivity contribution in [2.24, 2.45) is 0 Å². The van der Waals surface area contributed by atoms with Crippen molar-refractivity contribution in [2.75, 3.05) is 0 Å². The van der Waals surface area contributed by atoms with Gasteiger partial charge in [-0.15, -0.1) is 11.3 Å². The summed E-state index contributed by atoms with van der Waals surface area (Å²) < 4.78 is 2.21. The highest BCUT2D eigenvalue weighted by Crippen LogP contribution is 2.35. The van der Waals surface area contributed by atoms with Crippen LogP contribution in [0.4, 0.5) is 0 Å². The van der Waals surface area contributed by atoms with Crippen LogP contribution in [0.3, 0.4) is 0 Å². The molecule has 4 rings (SSSR count). The summed E-state index contributed by atoms with van der Waals surface area (Å²) in [5.41, 5.74) is 2.00. The maximum atomic E-state index is 4.64. The Hall–Kier alpha value is -1.98. The molecule has 0 atom stereocenters. The minimum absolute atomic E-state index is 0.953. The van der Waals surface area contributed by atoms with Crippen LogP contribution in [0.2, 0.25) is 0 Å². The summed E-state index contributed by atoms with van der Waals surface area (Å²) in [7, 11) is 0. The molecule has 2 aromatic carbocycles. The summed E-state index contributed by atoms with van der Waals surface area (Å²) in [6.45, 7) is 0. The number of benzene rings is 2. The lowest BCUT2D eigenvalue weighted by Crippen LogP contribution is -1.85. The first kappa shape index (κ1) is 11.8. The molecule has 0 saturated carbocycles. The van der Waals surface area contributed by atoms with Crippen LogP contribution in [0.25, 0.3) is 21.1 Å². The molecule has 4 aromatic rings. The highest BCUT2D eigenvalue weighted by atomic mass is 32.2. The van der Waals surface area contributed by atoms with Crippen LogP contribution >= 0.6 is 23.1 Å². The molecule has 5 heteroatoms. The Morgan fingerprint density at radius 3 is 2.55 bits per heavy atom. The number of fused-ring (bicyclic) bond motifs is 2. The molecular formula is C15H9N3S2. The predicted molar refractivity (Wildman–Crippen MR) is 83.3 cm³/mol. The molecule has 96 valence electrons. The van der Waals surface area contributed by atoms with Crippen molar-refractivity contribution in [1.29, 1.82) is 0 Å². The van der Waals surface area contributed by atoms with Crippen molar-refractivity contribution < 1.29 is 0 Å². The molecule has 0 saturated heterocycles. The molecule has 0 bridgehead atoms. The van der Waals surface area contributed by atoms with Gasteiger partial charge in [0.2, 0.25) is 0 Å². The topological polar surface area (TPSA) is 38.7 Å². The standard InChI is InChI=1S/C15H9N3S2/c1-2-6-11-10(5-1)14(17-9-16-11)20-15-18-12-7-3-4-8-13(12)19-15/h1-9H. The molecule has 3 nitrogen and oxygen atoms in total. The highest BCUT2D eigenvalue weighted by molar-refractivity contribution is 8.01. The normalized spacial score (nSPS) is 11.2. The van der Waals surface area contributed by atoms with Gasteiger partial charge in [-0.25, -0.2) is 15.0 Å². The van der Waals surface area contributed by atoms with Crippen molar-refractivity contribution in [2.45, 2.75) is 9.37 Å². The third kappa shape index (κ3) is 2.05. The van der Waals surface area contributed by atoms with Crippen molar-refractivity contribution in [3.8, 4) is 0 Å². The van der Waals surface area contributed by atoms with E-state index in [-0.39, 0.29) is 0 Å². The molecule has 0 radical (unpaired) electrons. The Kier molecular flexibility index (Phi) is 2.86. The van der Waals surface area contributed by atoms with Gasteiger partial charge in [-0.3, -0.25) is 0 Å². The second kappa shape index (κ2) is 4.85. The van der Waals surface area contributed by atoms with Crippen molar-refractivity contribution in [3.05, 3.63) is 54.9 Å². The number of aromatic nitrogens is 3. The molecule has 0 amide bonds. The monoisotopic (exact) mass is 295 g/mol. The van der Waals surface area contributed by atoms with Crippen LogP contribution in [0, 0.1) is 0 Å². The van der Waals surface area contributed by atoms with Gasteiger partial charge in [0.25, 0.3) is 0 Å². The van der Waals surface area contributed by atoms with E-state index in [1.54, 1.807) is 29.4 Å². The first-order valence-electron chi connectivity index (χ1n) is 6.13. The first-order valence-corrected chi connectivity index (χ1v) is 7.77. The van der Waals surface area contributed by atoms with Gasteiger partial charge in [-0.2, -0.15) is 0 Å². The number of hydrogen-bond donors (Lipinski definition) is 0. The van der Waals surface area contributed by atoms with Gasteiger partial charge in [0, 0.05) is 5.39 Å². The zero-order valence-corrected chi connectivity index (χ0v) is 12.0. The molecule has 0 aliphatic carbocycles. The van der Waals surface area contributed by atoms with E-state index < -0.39 is 0 Å². The van der Waals surface area contributed by atoms with E-state index in [1.165, 1.54) is 4.70 Å². The van der Waals surface area contributed by atoms with E-state index in [2.05, 4.69) is 21.0 Å². The largest absolute Gasteiger partial charge is 0.236 e. The average Bonchev–Trinajstić information content (AvgIpc) is 2.90. The first-order chi connectivity index (χ1) is 9.90. The Balaban J connectivity index is 1.80. The quantitative estimate of drug-likeness (QED) is 0.514. The molecule has 0 spiro atoms. The van der Waals surface area contributed by atoms with E-state index in [4.69, 9.17) is 0 Å². The van der Waals surface area contributed by atoms with Gasteiger partial charge >= 0.3 is 0 Å². The zero-order valence-electron chi connectivity index (χ0n) is 10.4. The fourth-order valence-electron chi connectivity index (χ4n) is 2.04. The second-order valence-electron chi connectivity index (χ2n) is 4.25. The summed E-state index contributed by atoms with van der Waals surface area (Å²) in [5, 5.41) is 2.02. The molecule has 2 aromatic heterocycles. The van der Waals surface area contributed by atoms with E-state index in [1.807, 2.05) is 42.5 Å². The lowest BCUT2D eigenvalue weighted by Gasteiger charge is -2.01. The van der Waals surface area contributed by atoms with Crippen LogP contribution in [-0.2, 0) is 0 Å². The summed E-state index contributed by atoms with van der Waals surface area (Å²) in [6, 6.07) is 16.2. The Labute approximate surface area is 123 Å². The minimum Gasteiger partial charge on any atom is -0.236 e. The van der Waals surface area contributed by atoms with Gasteiger partial charge in [0.05, 0.1) is 15.7 Å². The molecule has 0 aliphatic rings. The summed E-state index contributed by atoms with van der Waals surface area (Å²) >= 11 is 3.29. The van der Waals surface area contributed by atoms with Crippen LogP contribution in [0.1, 0.15) is 0 Å². The summed E-state index contributed by atoms with van der Waals surface area (Å²) in [5.74, 6) is 0. The molecule has 20 heavy (non-hydrogen) atoms. The fraction of sp³-hybridized carbons (Fsp3) is 0. The third-order valence-corrected chi connectivity index (χ3v) is 5.08. The number of thiazole rings is 1. The zero-order chi connectivity index (χ0) is 13.4. The Morgan fingerprint density at radius 1 is 0.850 bits per heavy atom. The van der Waals surface area contributed by atoms with Crippen molar-refractivity contribution in [3.63, 3.8) is 0 Å². The number of nitrogens with zero attached hydrogens (tertiary/aromatic N) is 3. The van der Waals surface area contributed by atoms with Gasteiger partial charge in [-0.1, -0.05) is 30.3 Å². The number of hydrogen-bond acceptors (Lipinski definition) is 5. The van der Waals surface area contributed by atoms with Crippen molar-refractivity contribution in [1.82, 2.24) is 15.0 Å². The van der Waals surface area contributed by atoms with E-state index in [9.17, 15) is 0 Å². The third-order valence-electron chi connectivity index (χ3n) is 2.96. The molecule has 0 N–H and O–H groups in total. The van der Waals surface area contributed by atoms with E-state index in [0.717, 1.165) is 25.8 Å². The molecule has 0 aliphatic heterocycles. The molecule has 0 unspecified atom stereocenters. The average molecular weight is 295 g/mol. The maximum absolute atomic E-state index is 4.64. The van der Waals surface area contributed by atoms with Gasteiger partial charge in [0.15, 0.2) is 4.34 Å². The predicted octanol–water partition coefficient (Wildman–Crippen LogP) is 4.39. The Morgan fingerprint density at radius 2 is 1.65 bits per heavy atom. The van der Waals surface area contributed by atoms with Crippen LogP contribution in [0.15, 0.2) is 64.2 Å². The summed E-state index contributed by atoms with van der Waals surface area (Å²) in [6.07, 6.45) is 1.61. The van der Waals surface area contributed by atoms with Crippen LogP contribution < -0.4 is 0 Å².